The van der Waals surface area contributed by atoms with Gasteiger partial charge in [0.2, 0.25) is 0 Å². The van der Waals surface area contributed by atoms with E-state index in [1.54, 1.807) is 0 Å². The van der Waals surface area contributed by atoms with Gasteiger partial charge >= 0.3 is 0 Å². The molecule has 3 rings (SSSR count). The summed E-state index contributed by atoms with van der Waals surface area (Å²) in [4.78, 5) is 0. The van der Waals surface area contributed by atoms with Crippen LogP contribution in [0.5, 0.6) is 5.75 Å². The fraction of sp³-hybridized carbons (Fsp3) is 0.476. The number of rotatable bonds is 5. The summed E-state index contributed by atoms with van der Waals surface area (Å²) in [6, 6.07) is 1.37. The average molecular weight is 469 g/mol. The Hall–Kier alpha value is -1.29. The maximum absolute atomic E-state index is 14.2. The van der Waals surface area contributed by atoms with Crippen LogP contribution in [0.1, 0.15) is 38.2 Å². The first-order valence-electron chi connectivity index (χ1n) is 9.51. The van der Waals surface area contributed by atoms with Crippen LogP contribution >= 0.6 is 27.5 Å². The fourth-order valence-corrected chi connectivity index (χ4v) is 4.85. The smallest absolute Gasteiger partial charge is 0.272 e. The second kappa shape index (κ2) is 9.96. The lowest BCUT2D eigenvalue weighted by atomic mass is 9.38. The molecule has 0 spiro atoms. The topological polar surface area (TPSA) is 53.2 Å². The minimum Gasteiger partial charge on any atom is -0.482 e. The van der Waals surface area contributed by atoms with Crippen LogP contribution < -0.4 is 4.74 Å². The van der Waals surface area contributed by atoms with Crippen molar-refractivity contribution in [2.24, 2.45) is 0 Å². The van der Waals surface area contributed by atoms with E-state index in [1.807, 2.05) is 6.82 Å². The minimum absolute atomic E-state index is 0.00707. The number of allylic oxidation sites excluding steroid dienone is 2. The molecule has 28 heavy (non-hydrogen) atoms. The van der Waals surface area contributed by atoms with E-state index in [9.17, 15) is 9.65 Å². The van der Waals surface area contributed by atoms with Gasteiger partial charge in [-0.25, -0.2) is 9.65 Å². The van der Waals surface area contributed by atoms with Crippen LogP contribution in [0.25, 0.3) is 0 Å². The third-order valence-electron chi connectivity index (χ3n) is 5.44. The summed E-state index contributed by atoms with van der Waals surface area (Å²) in [7, 11) is 1.00. The molecule has 2 unspecified atom stereocenters. The van der Waals surface area contributed by atoms with Crippen LogP contribution in [0, 0.1) is 17.0 Å². The Bertz CT molecular complexity index is 824. The molecule has 150 valence electrons. The Morgan fingerprint density at radius 3 is 2.75 bits per heavy atom. The zero-order valence-electron chi connectivity index (χ0n) is 16.4. The maximum atomic E-state index is 14.2. The number of nitriles is 1. The Labute approximate surface area is 180 Å². The third kappa shape index (κ3) is 4.17. The van der Waals surface area contributed by atoms with E-state index in [1.165, 1.54) is 6.07 Å². The van der Waals surface area contributed by atoms with Crippen LogP contribution in [-0.4, -0.2) is 24.5 Å². The molecule has 1 aromatic rings. The summed E-state index contributed by atoms with van der Waals surface area (Å²) in [5, 5.41) is 16.7. The van der Waals surface area contributed by atoms with Crippen molar-refractivity contribution in [3.63, 3.8) is 0 Å². The highest BCUT2D eigenvalue weighted by Crippen LogP contribution is 2.53. The SMILES string of the molecule is CCCC(B(C)C#N)C1(C2=CCCC=C2)Cc2c(cc(F)c(Cl)c2Br)O1.CO. The lowest BCUT2D eigenvalue weighted by Gasteiger charge is -2.39. The maximum Gasteiger partial charge on any atom is 0.272 e. The number of nitrogens with zero attached hydrogens (tertiary/aromatic N) is 1. The molecule has 1 aliphatic carbocycles. The first-order chi connectivity index (χ1) is 13.4. The molecule has 0 amide bonds. The number of hydrogen-bond donors (Lipinski definition) is 1. The number of aliphatic hydroxyl groups is 1. The van der Waals surface area contributed by atoms with Gasteiger partial charge in [-0.3, -0.25) is 0 Å². The van der Waals surface area contributed by atoms with E-state index in [-0.39, 0.29) is 17.6 Å². The van der Waals surface area contributed by atoms with Gasteiger partial charge in [0.05, 0.1) is 5.02 Å². The highest BCUT2D eigenvalue weighted by Gasteiger charge is 2.51. The van der Waals surface area contributed by atoms with Crippen molar-refractivity contribution in [3.05, 3.63) is 50.7 Å². The predicted molar refractivity (Wildman–Crippen MR) is 117 cm³/mol. The first kappa shape index (κ1) is 23.0. The third-order valence-corrected chi connectivity index (χ3v) is 6.92. The number of halogens is 3. The van der Waals surface area contributed by atoms with Gasteiger partial charge in [0.25, 0.3) is 6.71 Å². The molecule has 0 aromatic heterocycles. The van der Waals surface area contributed by atoms with Gasteiger partial charge in [-0.15, -0.1) is 0 Å². The predicted octanol–water partition coefficient (Wildman–Crippen LogP) is 6.16. The van der Waals surface area contributed by atoms with Crippen molar-refractivity contribution in [2.45, 2.75) is 57.3 Å². The standard InChI is InChI=1S/C20H21BBrClFNO.CH4O/c1-3-7-17(21(2)12-25)20(13-8-5-4-6-9-13)11-14-16(26-20)10-15(24)19(23)18(14)22;1-2/h5,8-10,17H,3-4,6-7,11H2,1-2H3;2H,1H3. The van der Waals surface area contributed by atoms with Crippen LogP contribution in [0.2, 0.25) is 17.7 Å². The molecule has 2 atom stereocenters. The second-order valence-electron chi connectivity index (χ2n) is 7.08. The zero-order chi connectivity index (χ0) is 20.9. The number of aliphatic hydroxyl groups excluding tert-OH is 1. The quantitative estimate of drug-likeness (QED) is 0.416. The Morgan fingerprint density at radius 1 is 1.46 bits per heavy atom. The largest absolute Gasteiger partial charge is 0.482 e. The van der Waals surface area contributed by atoms with Gasteiger partial charge in [-0.2, -0.15) is 0 Å². The van der Waals surface area contributed by atoms with Crippen molar-refractivity contribution in [3.8, 4) is 11.7 Å². The Balaban J connectivity index is 0.00000136. The zero-order valence-corrected chi connectivity index (χ0v) is 18.8. The monoisotopic (exact) mass is 467 g/mol. The van der Waals surface area contributed by atoms with E-state index in [2.05, 4.69) is 47.1 Å². The van der Waals surface area contributed by atoms with E-state index in [0.717, 1.165) is 43.9 Å². The molecule has 0 fully saturated rings. The average Bonchev–Trinajstić information content (AvgIpc) is 3.12. The molecule has 3 nitrogen and oxygen atoms in total. The first-order valence-corrected chi connectivity index (χ1v) is 10.7. The highest BCUT2D eigenvalue weighted by atomic mass is 79.9. The van der Waals surface area contributed by atoms with Crippen LogP contribution in [-0.2, 0) is 6.42 Å². The molecule has 1 aromatic carbocycles. The van der Waals surface area contributed by atoms with Gasteiger partial charge in [0, 0.05) is 35.6 Å². The summed E-state index contributed by atoms with van der Waals surface area (Å²) in [6.45, 7) is 3.88. The van der Waals surface area contributed by atoms with Crippen LogP contribution in [0.4, 0.5) is 4.39 Å². The number of hydrogen-bond acceptors (Lipinski definition) is 3. The Kier molecular flexibility index (Phi) is 8.18. The summed E-state index contributed by atoms with van der Waals surface area (Å²) in [5.74, 6) is 2.44. The molecule has 0 bridgehead atoms. The molecule has 2 aliphatic rings. The van der Waals surface area contributed by atoms with Gasteiger partial charge in [0.1, 0.15) is 17.2 Å². The lowest BCUT2D eigenvalue weighted by Crippen LogP contribution is -2.46. The number of ether oxygens (including phenoxy) is 1. The van der Waals surface area contributed by atoms with Crippen molar-refractivity contribution in [2.75, 3.05) is 7.11 Å². The molecule has 0 radical (unpaired) electrons. The Morgan fingerprint density at radius 2 is 2.18 bits per heavy atom. The molecule has 1 N–H and O–H groups in total. The normalized spacial score (nSPS) is 20.9. The van der Waals surface area contributed by atoms with Gasteiger partial charge in [-0.05, 0) is 40.2 Å². The highest BCUT2D eigenvalue weighted by molar-refractivity contribution is 9.10. The molecule has 1 heterocycles. The molecule has 7 heteroatoms. The van der Waals surface area contributed by atoms with E-state index >= 15 is 0 Å². The summed E-state index contributed by atoms with van der Waals surface area (Å²) in [6.07, 6.45) is 10.8. The summed E-state index contributed by atoms with van der Waals surface area (Å²) in [5.41, 5.74) is 1.30. The summed E-state index contributed by atoms with van der Waals surface area (Å²) >= 11 is 9.56. The van der Waals surface area contributed by atoms with E-state index < -0.39 is 11.4 Å². The van der Waals surface area contributed by atoms with Crippen molar-refractivity contribution in [1.82, 2.24) is 0 Å². The van der Waals surface area contributed by atoms with Crippen LogP contribution in [0.15, 0.2) is 34.3 Å². The molecule has 1 aliphatic heterocycles. The van der Waals surface area contributed by atoms with Crippen molar-refractivity contribution >= 4 is 34.2 Å². The summed E-state index contributed by atoms with van der Waals surface area (Å²) < 4.78 is 21.2. The lowest BCUT2D eigenvalue weighted by molar-refractivity contribution is 0.123. The molecule has 0 saturated heterocycles. The molecule has 0 saturated carbocycles. The number of benzene rings is 1. The second-order valence-corrected chi connectivity index (χ2v) is 8.25. The van der Waals surface area contributed by atoms with Gasteiger partial charge in [0.15, 0.2) is 0 Å². The minimum atomic E-state index is -0.663. The molecular formula is C21H25BBrClFNO2. The number of fused-ring (bicyclic) bond motifs is 1. The molecular weight excluding hydrogens is 443 g/mol. The van der Waals surface area contributed by atoms with Gasteiger partial charge < -0.3 is 9.84 Å². The van der Waals surface area contributed by atoms with Crippen LogP contribution in [0.3, 0.4) is 0 Å². The van der Waals surface area contributed by atoms with Crippen molar-refractivity contribution < 1.29 is 14.2 Å². The fourth-order valence-electron chi connectivity index (χ4n) is 4.16. The van der Waals surface area contributed by atoms with Crippen molar-refractivity contribution in [1.29, 1.82) is 5.26 Å². The van der Waals surface area contributed by atoms with E-state index in [0.29, 0.717) is 16.6 Å². The van der Waals surface area contributed by atoms with E-state index in [4.69, 9.17) is 21.4 Å². The van der Waals surface area contributed by atoms with Gasteiger partial charge in [-0.1, -0.05) is 56.4 Å².